The van der Waals surface area contributed by atoms with Crippen LogP contribution in [0.15, 0.2) is 24.5 Å². The van der Waals surface area contributed by atoms with Crippen LogP contribution in [0.5, 0.6) is 0 Å². The highest BCUT2D eigenvalue weighted by Crippen LogP contribution is 2.23. The number of nitrogens with zero attached hydrogens (tertiary/aromatic N) is 3. The number of hydrogen-bond acceptors (Lipinski definition) is 4. The van der Waals surface area contributed by atoms with Crippen molar-refractivity contribution >= 4 is 16.7 Å². The summed E-state index contributed by atoms with van der Waals surface area (Å²) >= 11 is 0. The van der Waals surface area contributed by atoms with E-state index in [0.29, 0.717) is 0 Å². The van der Waals surface area contributed by atoms with Crippen molar-refractivity contribution in [2.24, 2.45) is 0 Å². The predicted octanol–water partition coefficient (Wildman–Crippen LogP) is 1.35. The zero-order valence-corrected chi connectivity index (χ0v) is 9.98. The Bertz CT molecular complexity index is 532. The molecule has 88 valence electrons. The van der Waals surface area contributed by atoms with Crippen LogP contribution >= 0.6 is 0 Å². The van der Waals surface area contributed by atoms with Crippen LogP contribution in [-0.4, -0.2) is 36.1 Å². The van der Waals surface area contributed by atoms with Gasteiger partial charge in [-0.15, -0.1) is 0 Å². The summed E-state index contributed by atoms with van der Waals surface area (Å²) in [6, 6.07) is 6.33. The van der Waals surface area contributed by atoms with Gasteiger partial charge < -0.3 is 10.2 Å². The van der Waals surface area contributed by atoms with Gasteiger partial charge in [0.05, 0.1) is 5.52 Å². The van der Waals surface area contributed by atoms with Crippen molar-refractivity contribution in [2.75, 3.05) is 31.1 Å². The molecule has 0 saturated carbocycles. The van der Waals surface area contributed by atoms with E-state index in [9.17, 15) is 0 Å². The van der Waals surface area contributed by atoms with Gasteiger partial charge in [0.2, 0.25) is 0 Å². The fraction of sp³-hybridized carbons (Fsp3) is 0.385. The van der Waals surface area contributed by atoms with Crippen molar-refractivity contribution < 1.29 is 0 Å². The van der Waals surface area contributed by atoms with Crippen LogP contribution in [0.4, 0.5) is 5.82 Å². The van der Waals surface area contributed by atoms with E-state index in [-0.39, 0.29) is 0 Å². The van der Waals surface area contributed by atoms with Crippen LogP contribution in [-0.2, 0) is 0 Å². The summed E-state index contributed by atoms with van der Waals surface area (Å²) in [6.07, 6.45) is 1.66. The molecule has 1 aliphatic rings. The van der Waals surface area contributed by atoms with E-state index in [4.69, 9.17) is 0 Å². The van der Waals surface area contributed by atoms with E-state index >= 15 is 0 Å². The van der Waals surface area contributed by atoms with Gasteiger partial charge in [-0.25, -0.2) is 9.97 Å². The van der Waals surface area contributed by atoms with Crippen LogP contribution in [0, 0.1) is 6.92 Å². The highest BCUT2D eigenvalue weighted by Gasteiger charge is 2.14. The maximum Gasteiger partial charge on any atom is 0.139 e. The van der Waals surface area contributed by atoms with Crippen LogP contribution in [0.3, 0.4) is 0 Å². The summed E-state index contributed by atoms with van der Waals surface area (Å²) in [5, 5.41) is 4.52. The maximum atomic E-state index is 4.46. The van der Waals surface area contributed by atoms with Crippen LogP contribution in [0.1, 0.15) is 5.56 Å². The Morgan fingerprint density at radius 3 is 2.82 bits per heavy atom. The van der Waals surface area contributed by atoms with Crippen molar-refractivity contribution in [1.82, 2.24) is 15.3 Å². The Morgan fingerprint density at radius 2 is 2.00 bits per heavy atom. The molecule has 17 heavy (non-hydrogen) atoms. The second-order valence-electron chi connectivity index (χ2n) is 4.45. The molecule has 1 aromatic carbocycles. The molecule has 4 heteroatoms. The van der Waals surface area contributed by atoms with Crippen molar-refractivity contribution in [3.63, 3.8) is 0 Å². The Labute approximate surface area is 101 Å². The molecule has 0 amide bonds. The highest BCUT2D eigenvalue weighted by molar-refractivity contribution is 5.89. The summed E-state index contributed by atoms with van der Waals surface area (Å²) in [6.45, 7) is 6.18. The maximum absolute atomic E-state index is 4.46. The van der Waals surface area contributed by atoms with E-state index in [0.717, 1.165) is 42.9 Å². The molecule has 2 heterocycles. The summed E-state index contributed by atoms with van der Waals surface area (Å²) in [5.41, 5.74) is 2.28. The highest BCUT2D eigenvalue weighted by atomic mass is 15.2. The predicted molar refractivity (Wildman–Crippen MR) is 69.4 cm³/mol. The second-order valence-corrected chi connectivity index (χ2v) is 4.45. The third kappa shape index (κ3) is 1.96. The van der Waals surface area contributed by atoms with Crippen molar-refractivity contribution in [3.05, 3.63) is 30.1 Å². The average molecular weight is 228 g/mol. The molecule has 1 fully saturated rings. The second kappa shape index (κ2) is 4.30. The lowest BCUT2D eigenvalue weighted by Crippen LogP contribution is -2.44. The molecule has 1 aromatic heterocycles. The molecule has 0 radical (unpaired) electrons. The first-order valence-corrected chi connectivity index (χ1v) is 6.01. The van der Waals surface area contributed by atoms with Crippen LogP contribution < -0.4 is 10.2 Å². The van der Waals surface area contributed by atoms with Crippen molar-refractivity contribution in [3.8, 4) is 0 Å². The molecule has 3 rings (SSSR count). The molecule has 0 bridgehead atoms. The topological polar surface area (TPSA) is 41.1 Å². The summed E-state index contributed by atoms with van der Waals surface area (Å²) in [5.74, 6) is 1.07. The number of hydrogen-bond donors (Lipinski definition) is 1. The van der Waals surface area contributed by atoms with Crippen LogP contribution in [0.2, 0.25) is 0 Å². The van der Waals surface area contributed by atoms with Gasteiger partial charge in [-0.05, 0) is 19.1 Å². The quantitative estimate of drug-likeness (QED) is 0.800. The van der Waals surface area contributed by atoms with E-state index < -0.39 is 0 Å². The number of fused-ring (bicyclic) bond motifs is 1. The van der Waals surface area contributed by atoms with Gasteiger partial charge in [-0.3, -0.25) is 0 Å². The van der Waals surface area contributed by atoms with E-state index in [2.05, 4.69) is 45.3 Å². The van der Waals surface area contributed by atoms with Gasteiger partial charge in [0, 0.05) is 31.6 Å². The molecule has 2 aromatic rings. The molecular weight excluding hydrogens is 212 g/mol. The first-order chi connectivity index (χ1) is 8.34. The third-order valence-corrected chi connectivity index (χ3v) is 3.19. The number of piperazine rings is 1. The first-order valence-electron chi connectivity index (χ1n) is 6.01. The number of aromatic nitrogens is 2. The van der Waals surface area contributed by atoms with Gasteiger partial charge in [0.25, 0.3) is 0 Å². The standard InChI is InChI=1S/C13H16N4/c1-10-2-3-12-11(8-10)13(16-9-15-12)17-6-4-14-5-7-17/h2-3,8-9,14H,4-7H2,1H3. The Hall–Kier alpha value is -1.68. The fourth-order valence-corrected chi connectivity index (χ4v) is 2.29. The third-order valence-electron chi connectivity index (χ3n) is 3.19. The minimum atomic E-state index is 1.01. The largest absolute Gasteiger partial charge is 0.353 e. The van der Waals surface area contributed by atoms with Crippen molar-refractivity contribution in [2.45, 2.75) is 6.92 Å². The molecule has 0 spiro atoms. The lowest BCUT2D eigenvalue weighted by molar-refractivity contribution is 0.586. The van der Waals surface area contributed by atoms with Gasteiger partial charge in [-0.1, -0.05) is 11.6 Å². The molecule has 1 aliphatic heterocycles. The Morgan fingerprint density at radius 1 is 1.18 bits per heavy atom. The lowest BCUT2D eigenvalue weighted by Gasteiger charge is -2.29. The number of aryl methyl sites for hydroxylation is 1. The summed E-state index contributed by atoms with van der Waals surface area (Å²) in [4.78, 5) is 11.1. The van der Waals surface area contributed by atoms with Gasteiger partial charge in [0.15, 0.2) is 0 Å². The number of nitrogens with one attached hydrogen (secondary N) is 1. The monoisotopic (exact) mass is 228 g/mol. The van der Waals surface area contributed by atoms with Gasteiger partial charge in [-0.2, -0.15) is 0 Å². The zero-order valence-electron chi connectivity index (χ0n) is 9.98. The molecule has 4 nitrogen and oxygen atoms in total. The number of benzene rings is 1. The summed E-state index contributed by atoms with van der Waals surface area (Å²) < 4.78 is 0. The molecule has 1 N–H and O–H groups in total. The normalized spacial score (nSPS) is 16.4. The fourth-order valence-electron chi connectivity index (χ4n) is 2.29. The Kier molecular flexibility index (Phi) is 2.65. The molecular formula is C13H16N4. The number of anilines is 1. The minimum absolute atomic E-state index is 1.01. The zero-order chi connectivity index (χ0) is 11.7. The van der Waals surface area contributed by atoms with E-state index in [1.165, 1.54) is 5.56 Å². The average Bonchev–Trinajstić information content (AvgIpc) is 2.39. The van der Waals surface area contributed by atoms with Crippen molar-refractivity contribution in [1.29, 1.82) is 0 Å². The molecule has 0 atom stereocenters. The molecule has 1 saturated heterocycles. The van der Waals surface area contributed by atoms with E-state index in [1.54, 1.807) is 6.33 Å². The van der Waals surface area contributed by atoms with Gasteiger partial charge >= 0.3 is 0 Å². The first kappa shape index (κ1) is 10.5. The molecule has 0 unspecified atom stereocenters. The van der Waals surface area contributed by atoms with E-state index in [1.807, 2.05) is 0 Å². The smallest absolute Gasteiger partial charge is 0.139 e. The lowest BCUT2D eigenvalue weighted by atomic mass is 10.1. The summed E-state index contributed by atoms with van der Waals surface area (Å²) in [7, 11) is 0. The van der Waals surface area contributed by atoms with Crippen LogP contribution in [0.25, 0.3) is 10.9 Å². The Balaban J connectivity index is 2.11. The minimum Gasteiger partial charge on any atom is -0.353 e. The molecule has 0 aliphatic carbocycles. The van der Waals surface area contributed by atoms with Gasteiger partial charge in [0.1, 0.15) is 12.1 Å². The SMILES string of the molecule is Cc1ccc2ncnc(N3CCNCC3)c2c1. The number of rotatable bonds is 1.